The number of aromatic nitrogens is 2. The van der Waals surface area contributed by atoms with Gasteiger partial charge in [-0.2, -0.15) is 0 Å². The molecular formula is C11H19N3O. The molecule has 1 N–H and O–H groups in total. The normalized spacial score (nSPS) is 14.9. The Kier molecular flexibility index (Phi) is 5.21. The maximum atomic E-state index is 5.59. The van der Waals surface area contributed by atoms with Gasteiger partial charge in [0, 0.05) is 24.6 Å². The van der Waals surface area contributed by atoms with Crippen molar-refractivity contribution in [3.8, 4) is 0 Å². The SMILES string of the molecule is CCNC(c1cncnc1)C(C)OCC. The van der Waals surface area contributed by atoms with Crippen molar-refractivity contribution < 1.29 is 4.74 Å². The second-order valence-corrected chi connectivity index (χ2v) is 3.37. The van der Waals surface area contributed by atoms with E-state index in [1.165, 1.54) is 6.33 Å². The van der Waals surface area contributed by atoms with Gasteiger partial charge in [-0.3, -0.25) is 0 Å². The molecule has 1 heterocycles. The van der Waals surface area contributed by atoms with E-state index >= 15 is 0 Å². The predicted molar refractivity (Wildman–Crippen MR) is 59.5 cm³/mol. The first kappa shape index (κ1) is 12.1. The van der Waals surface area contributed by atoms with Crippen LogP contribution >= 0.6 is 0 Å². The van der Waals surface area contributed by atoms with Gasteiger partial charge in [-0.15, -0.1) is 0 Å². The lowest BCUT2D eigenvalue weighted by Crippen LogP contribution is -2.32. The Labute approximate surface area is 91.1 Å². The summed E-state index contributed by atoms with van der Waals surface area (Å²) < 4.78 is 5.59. The first-order valence-electron chi connectivity index (χ1n) is 5.39. The number of likely N-dealkylation sites (N-methyl/N-ethyl adjacent to an activating group) is 1. The smallest absolute Gasteiger partial charge is 0.115 e. The van der Waals surface area contributed by atoms with Crippen molar-refractivity contribution in [2.75, 3.05) is 13.2 Å². The van der Waals surface area contributed by atoms with E-state index in [4.69, 9.17) is 4.74 Å². The summed E-state index contributed by atoms with van der Waals surface area (Å²) in [5.74, 6) is 0. The molecule has 0 saturated heterocycles. The fourth-order valence-corrected chi connectivity index (χ4v) is 1.61. The lowest BCUT2D eigenvalue weighted by molar-refractivity contribution is 0.0475. The number of nitrogens with one attached hydrogen (secondary N) is 1. The molecule has 0 spiro atoms. The van der Waals surface area contributed by atoms with E-state index in [1.54, 1.807) is 0 Å². The molecule has 84 valence electrons. The summed E-state index contributed by atoms with van der Waals surface area (Å²) >= 11 is 0. The largest absolute Gasteiger partial charge is 0.377 e. The molecule has 0 radical (unpaired) electrons. The van der Waals surface area contributed by atoms with Crippen molar-refractivity contribution in [3.63, 3.8) is 0 Å². The van der Waals surface area contributed by atoms with Crippen molar-refractivity contribution >= 4 is 0 Å². The maximum absolute atomic E-state index is 5.59. The lowest BCUT2D eigenvalue weighted by atomic mass is 10.1. The summed E-state index contributed by atoms with van der Waals surface area (Å²) in [5, 5.41) is 3.38. The van der Waals surface area contributed by atoms with Gasteiger partial charge in [0.1, 0.15) is 6.33 Å². The number of hydrogen-bond acceptors (Lipinski definition) is 4. The summed E-state index contributed by atoms with van der Waals surface area (Å²) in [6.45, 7) is 7.76. The van der Waals surface area contributed by atoms with Crippen LogP contribution in [0.15, 0.2) is 18.7 Å². The van der Waals surface area contributed by atoms with Gasteiger partial charge in [-0.1, -0.05) is 6.92 Å². The average Bonchev–Trinajstić information content (AvgIpc) is 2.27. The zero-order valence-corrected chi connectivity index (χ0v) is 9.60. The van der Waals surface area contributed by atoms with E-state index in [9.17, 15) is 0 Å². The van der Waals surface area contributed by atoms with Crippen LogP contribution in [0.25, 0.3) is 0 Å². The van der Waals surface area contributed by atoms with Crippen molar-refractivity contribution in [2.24, 2.45) is 0 Å². The molecule has 1 aromatic rings. The van der Waals surface area contributed by atoms with Gasteiger partial charge >= 0.3 is 0 Å². The van der Waals surface area contributed by atoms with Crippen LogP contribution < -0.4 is 5.32 Å². The van der Waals surface area contributed by atoms with Gasteiger partial charge in [-0.05, 0) is 20.4 Å². The molecule has 0 aliphatic carbocycles. The van der Waals surface area contributed by atoms with Crippen molar-refractivity contribution in [1.82, 2.24) is 15.3 Å². The summed E-state index contributed by atoms with van der Waals surface area (Å²) in [6.07, 6.45) is 5.32. The molecule has 2 unspecified atom stereocenters. The second kappa shape index (κ2) is 6.48. The first-order chi connectivity index (χ1) is 7.29. The average molecular weight is 209 g/mol. The third-order valence-electron chi connectivity index (χ3n) is 2.26. The molecule has 0 aliphatic heterocycles. The third-order valence-corrected chi connectivity index (χ3v) is 2.26. The number of rotatable bonds is 6. The maximum Gasteiger partial charge on any atom is 0.115 e. The molecule has 0 aromatic carbocycles. The summed E-state index contributed by atoms with van der Waals surface area (Å²) in [6, 6.07) is 0.163. The van der Waals surface area contributed by atoms with E-state index < -0.39 is 0 Å². The van der Waals surface area contributed by atoms with Crippen LogP contribution in [0.2, 0.25) is 0 Å². The van der Waals surface area contributed by atoms with Crippen molar-refractivity contribution in [1.29, 1.82) is 0 Å². The highest BCUT2D eigenvalue weighted by Gasteiger charge is 2.18. The van der Waals surface area contributed by atoms with Crippen LogP contribution in [-0.2, 0) is 4.74 Å². The molecule has 1 rings (SSSR count). The third kappa shape index (κ3) is 3.57. The van der Waals surface area contributed by atoms with Crippen LogP contribution in [0.3, 0.4) is 0 Å². The predicted octanol–water partition coefficient (Wildman–Crippen LogP) is 1.55. The molecular weight excluding hydrogens is 190 g/mol. The minimum absolute atomic E-state index is 0.126. The van der Waals surface area contributed by atoms with E-state index in [2.05, 4.69) is 29.1 Å². The van der Waals surface area contributed by atoms with E-state index in [1.807, 2.05) is 19.3 Å². The highest BCUT2D eigenvalue weighted by molar-refractivity contribution is 5.10. The quantitative estimate of drug-likeness (QED) is 0.772. The highest BCUT2D eigenvalue weighted by Crippen LogP contribution is 2.17. The molecule has 2 atom stereocenters. The molecule has 0 aliphatic rings. The topological polar surface area (TPSA) is 47.0 Å². The Morgan fingerprint density at radius 1 is 1.33 bits per heavy atom. The van der Waals surface area contributed by atoms with Crippen LogP contribution in [-0.4, -0.2) is 29.2 Å². The Morgan fingerprint density at radius 2 is 2.00 bits per heavy atom. The van der Waals surface area contributed by atoms with E-state index in [-0.39, 0.29) is 12.1 Å². The molecule has 4 nitrogen and oxygen atoms in total. The molecule has 0 saturated carbocycles. The number of ether oxygens (including phenoxy) is 1. The molecule has 0 bridgehead atoms. The van der Waals surface area contributed by atoms with Crippen LogP contribution in [0, 0.1) is 0 Å². The zero-order chi connectivity index (χ0) is 11.1. The van der Waals surface area contributed by atoms with E-state index in [0.717, 1.165) is 18.7 Å². The van der Waals surface area contributed by atoms with Gasteiger partial charge in [0.15, 0.2) is 0 Å². The van der Waals surface area contributed by atoms with Gasteiger partial charge in [0.05, 0.1) is 12.1 Å². The van der Waals surface area contributed by atoms with Crippen molar-refractivity contribution in [3.05, 3.63) is 24.3 Å². The summed E-state index contributed by atoms with van der Waals surface area (Å²) in [4.78, 5) is 8.05. The van der Waals surface area contributed by atoms with Crippen LogP contribution in [0.4, 0.5) is 0 Å². The molecule has 15 heavy (non-hydrogen) atoms. The lowest BCUT2D eigenvalue weighted by Gasteiger charge is -2.24. The molecule has 1 aromatic heterocycles. The number of hydrogen-bond donors (Lipinski definition) is 1. The fourth-order valence-electron chi connectivity index (χ4n) is 1.61. The monoisotopic (exact) mass is 209 g/mol. The van der Waals surface area contributed by atoms with Crippen LogP contribution in [0.5, 0.6) is 0 Å². The molecule has 0 fully saturated rings. The second-order valence-electron chi connectivity index (χ2n) is 3.37. The van der Waals surface area contributed by atoms with E-state index in [0.29, 0.717) is 0 Å². The van der Waals surface area contributed by atoms with Crippen LogP contribution in [0.1, 0.15) is 32.4 Å². The fraction of sp³-hybridized carbons (Fsp3) is 0.636. The summed E-state index contributed by atoms with van der Waals surface area (Å²) in [7, 11) is 0. The van der Waals surface area contributed by atoms with Gasteiger partial charge in [0.25, 0.3) is 0 Å². The zero-order valence-electron chi connectivity index (χ0n) is 9.60. The van der Waals surface area contributed by atoms with Gasteiger partial charge < -0.3 is 10.1 Å². The van der Waals surface area contributed by atoms with Gasteiger partial charge in [0.2, 0.25) is 0 Å². The highest BCUT2D eigenvalue weighted by atomic mass is 16.5. The first-order valence-corrected chi connectivity index (χ1v) is 5.39. The summed E-state index contributed by atoms with van der Waals surface area (Å²) in [5.41, 5.74) is 1.07. The standard InChI is InChI=1S/C11H19N3O/c1-4-14-11(9(3)15-5-2)10-6-12-8-13-7-10/h6-9,11,14H,4-5H2,1-3H3. The Balaban J connectivity index is 2.73. The molecule has 0 amide bonds. The Morgan fingerprint density at radius 3 is 2.53 bits per heavy atom. The Hall–Kier alpha value is -1.00. The van der Waals surface area contributed by atoms with Gasteiger partial charge in [-0.25, -0.2) is 9.97 Å². The molecule has 4 heteroatoms. The minimum atomic E-state index is 0.126. The number of nitrogens with zero attached hydrogens (tertiary/aromatic N) is 2. The van der Waals surface area contributed by atoms with Crippen molar-refractivity contribution in [2.45, 2.75) is 32.9 Å². The minimum Gasteiger partial charge on any atom is -0.377 e. The Bertz CT molecular complexity index is 266.